The summed E-state index contributed by atoms with van der Waals surface area (Å²) in [4.78, 5) is -3.90. The second-order valence-corrected chi connectivity index (χ2v) is 18.0. The summed E-state index contributed by atoms with van der Waals surface area (Å²) in [5.74, 6) is -2.36. The van der Waals surface area contributed by atoms with Crippen LogP contribution in [0.3, 0.4) is 0 Å². The first-order chi connectivity index (χ1) is 24.9. The van der Waals surface area contributed by atoms with Gasteiger partial charge < -0.3 is 24.5 Å². The van der Waals surface area contributed by atoms with E-state index in [-0.39, 0.29) is 140 Å². The molecule has 0 radical (unpaired) electrons. The van der Waals surface area contributed by atoms with Gasteiger partial charge in [0.05, 0.1) is 49.0 Å². The zero-order chi connectivity index (χ0) is 40.0. The van der Waals surface area contributed by atoms with Crippen LogP contribution in [0.15, 0.2) is 113 Å². The maximum Gasteiger partial charge on any atom is 1.00 e. The van der Waals surface area contributed by atoms with Crippen molar-refractivity contribution in [3.8, 4) is 5.75 Å². The second kappa shape index (κ2) is 20.9. The average molecular weight is 934 g/mol. The zero-order valence-electron chi connectivity index (χ0n) is 30.3. The minimum absolute atomic E-state index is 0. The fourth-order valence-electron chi connectivity index (χ4n) is 4.95. The van der Waals surface area contributed by atoms with Crippen LogP contribution in [0.2, 0.25) is 0 Å². The third kappa shape index (κ3) is 13.0. The van der Waals surface area contributed by atoms with Crippen LogP contribution in [0.25, 0.3) is 21.5 Å². The summed E-state index contributed by atoms with van der Waals surface area (Å²) in [6.07, 6.45) is 0. The van der Waals surface area contributed by atoms with Gasteiger partial charge in [-0.1, -0.05) is 36.1 Å². The Balaban J connectivity index is 0.00000420. The minimum atomic E-state index is -5.65. The summed E-state index contributed by atoms with van der Waals surface area (Å²) >= 11 is 0. The van der Waals surface area contributed by atoms with Gasteiger partial charge in [0.2, 0.25) is 0 Å². The number of azo groups is 2. The monoisotopic (exact) mass is 933 g/mol. The molecule has 0 aliphatic carbocycles. The summed E-state index contributed by atoms with van der Waals surface area (Å²) in [6.45, 7) is -0.921. The number of anilines is 1. The van der Waals surface area contributed by atoms with Crippen molar-refractivity contribution in [3.05, 3.63) is 72.8 Å². The van der Waals surface area contributed by atoms with Crippen LogP contribution in [0.4, 0.5) is 28.4 Å². The van der Waals surface area contributed by atoms with E-state index in [9.17, 15) is 60.9 Å². The molecule has 5 aromatic carbocycles. The van der Waals surface area contributed by atoms with E-state index < -0.39 is 117 Å². The number of fused-ring (bicyclic) bond motifs is 2. The molecule has 21 nitrogen and oxygen atoms in total. The molecule has 3 N–H and O–H groups in total. The molecule has 58 heavy (non-hydrogen) atoms. The molecule has 0 saturated carbocycles. The molecule has 0 aliphatic rings. The van der Waals surface area contributed by atoms with Gasteiger partial charge in [0.15, 0.2) is 9.84 Å². The van der Waals surface area contributed by atoms with Gasteiger partial charge in [-0.05, 0) is 53.2 Å². The van der Waals surface area contributed by atoms with Gasteiger partial charge in [0.1, 0.15) is 41.7 Å². The maximum absolute atomic E-state index is 13.8. The quantitative estimate of drug-likeness (QED) is 0.0508. The third-order valence-electron chi connectivity index (χ3n) is 7.25. The van der Waals surface area contributed by atoms with Crippen molar-refractivity contribution in [1.82, 2.24) is 0 Å². The van der Waals surface area contributed by atoms with Crippen LogP contribution in [0.1, 0.15) is 0 Å². The van der Waals surface area contributed by atoms with E-state index in [0.29, 0.717) is 12.1 Å². The summed E-state index contributed by atoms with van der Waals surface area (Å²) in [5, 5.41) is 27.0. The van der Waals surface area contributed by atoms with Crippen molar-refractivity contribution in [2.24, 2.45) is 20.5 Å². The summed E-state index contributed by atoms with van der Waals surface area (Å²) in [7, 11) is -25.6. The van der Waals surface area contributed by atoms with Crippen LogP contribution < -0.4 is 129 Å². The molecule has 286 valence electrons. The van der Waals surface area contributed by atoms with Crippen molar-refractivity contribution < 1.29 is 188 Å². The standard InChI is InChI=1S/C28H23N5O16S5.4Na/c29-24-23-16(13-21(51(37,38)39)25(24)32-30-17-6-8-18(9-7-17)50(35,36)12-11-49-54(46,47)48)14-22(52(40,41)42)26(27(23)34)33-31-20-10-5-15-3-1-2-4-19(15)28(20)53(43,44)45;;;;/h1-10,13-14,34H,11-12,29H2,(H,37,38,39)(H,40,41,42)(H,43,44,45)(H,46,47,48);;;;/q;4*+1/p-4. The third-order valence-corrected chi connectivity index (χ3v) is 12.0. The van der Waals surface area contributed by atoms with Crippen LogP contribution >= 0.6 is 0 Å². The normalized spacial score (nSPS) is 12.5. The molecule has 0 amide bonds. The molecule has 0 saturated heterocycles. The van der Waals surface area contributed by atoms with Crippen molar-refractivity contribution in [3.63, 3.8) is 0 Å². The Morgan fingerprint density at radius 2 is 1.17 bits per heavy atom. The number of nitrogens with two attached hydrogens (primary N) is 1. The largest absolute Gasteiger partial charge is 1.00 e. The maximum atomic E-state index is 13.8. The molecule has 0 aromatic heterocycles. The molecule has 0 fully saturated rings. The molecule has 30 heteroatoms. The van der Waals surface area contributed by atoms with Gasteiger partial charge in [0.25, 0.3) is 0 Å². The molecule has 5 aromatic rings. The van der Waals surface area contributed by atoms with E-state index in [1.54, 1.807) is 0 Å². The molecule has 0 spiro atoms. The summed E-state index contributed by atoms with van der Waals surface area (Å²) in [6, 6.07) is 13.0. The van der Waals surface area contributed by atoms with Crippen LogP contribution in [0, 0.1) is 0 Å². The molecule has 5 rings (SSSR count). The zero-order valence-corrected chi connectivity index (χ0v) is 42.4. The fourth-order valence-corrected chi connectivity index (χ4v) is 8.56. The van der Waals surface area contributed by atoms with E-state index in [0.717, 1.165) is 30.3 Å². The predicted molar refractivity (Wildman–Crippen MR) is 180 cm³/mol. The first kappa shape index (κ1) is 55.0. The number of hydrogen-bond acceptors (Lipinski definition) is 20. The van der Waals surface area contributed by atoms with Gasteiger partial charge in [-0.2, -0.15) is 13.5 Å². The average Bonchev–Trinajstić information content (AvgIpc) is 3.04. The molecule has 0 unspecified atom stereocenters. The number of benzene rings is 5. The van der Waals surface area contributed by atoms with Gasteiger partial charge in [-0.3, -0.25) is 4.55 Å². The number of rotatable bonds is 12. The Kier molecular flexibility index (Phi) is 19.8. The van der Waals surface area contributed by atoms with Crippen molar-refractivity contribution in [2.75, 3.05) is 18.1 Å². The number of sulfone groups is 1. The van der Waals surface area contributed by atoms with Gasteiger partial charge in [-0.15, -0.1) is 15.3 Å². The van der Waals surface area contributed by atoms with E-state index in [4.69, 9.17) is 10.3 Å². The predicted octanol–water partition coefficient (Wildman–Crippen LogP) is -9.20. The van der Waals surface area contributed by atoms with E-state index in [1.165, 1.54) is 30.3 Å². The first-order valence-electron chi connectivity index (χ1n) is 14.2. The number of hydrogen-bond donors (Lipinski definition) is 2. The molecule has 0 bridgehead atoms. The Labute approximate surface area is 419 Å². The number of nitrogen functional groups attached to an aromatic ring is 1. The van der Waals surface area contributed by atoms with E-state index in [2.05, 4.69) is 24.6 Å². The van der Waals surface area contributed by atoms with Gasteiger partial charge in [0, 0.05) is 10.8 Å². The van der Waals surface area contributed by atoms with Crippen LogP contribution in [-0.2, 0) is 54.8 Å². The topological polar surface area (TPSA) is 368 Å². The molecule has 0 atom stereocenters. The molecule has 0 heterocycles. The molecular weight excluding hydrogens is 915 g/mol. The second-order valence-electron chi connectivity index (χ2n) is 10.7. The van der Waals surface area contributed by atoms with Crippen molar-refractivity contribution >= 4 is 101 Å². The minimum Gasteiger partial charge on any atom is -0.870 e. The van der Waals surface area contributed by atoms with Crippen LogP contribution in [0.5, 0.6) is 5.75 Å². The van der Waals surface area contributed by atoms with Gasteiger partial charge in [-0.25, -0.2) is 37.9 Å². The van der Waals surface area contributed by atoms with E-state index >= 15 is 0 Å². The first-order valence-corrected chi connectivity index (χ1v) is 21.4. The molecule has 0 aliphatic heterocycles. The Bertz CT molecular complexity index is 3010. The fraction of sp³-hybridized carbons (Fsp3) is 0.0714. The van der Waals surface area contributed by atoms with Gasteiger partial charge >= 0.3 is 129 Å². The smallest absolute Gasteiger partial charge is 0.870 e. The van der Waals surface area contributed by atoms with Crippen molar-refractivity contribution in [2.45, 2.75) is 19.6 Å². The van der Waals surface area contributed by atoms with Crippen molar-refractivity contribution in [1.29, 1.82) is 0 Å². The number of nitrogens with zero attached hydrogens (tertiary/aromatic N) is 4. The van der Waals surface area contributed by atoms with Crippen LogP contribution in [-0.4, -0.2) is 72.7 Å². The Morgan fingerprint density at radius 3 is 1.71 bits per heavy atom. The summed E-state index contributed by atoms with van der Waals surface area (Å²) < 4.78 is 169. The van der Waals surface area contributed by atoms with E-state index in [1.807, 2.05) is 0 Å². The Morgan fingerprint density at radius 1 is 0.638 bits per heavy atom. The Hall–Kier alpha value is -1.03. The SMILES string of the molecule is Nc1c(N=Nc2ccc(S(=O)(=O)CCOS(=O)(=O)O)cc2)c(S(=O)(=O)[O-])cc2cc(S(=O)(=O)[O-])c(N=Nc3ccc4ccccc4c3S(=O)(=O)[O-])c([O-])c12.[Na+].[Na+].[Na+].[Na+]. The summed E-state index contributed by atoms with van der Waals surface area (Å²) in [5.41, 5.74) is 2.15. The molecular formula is C28H19N5Na4O16S5.